The summed E-state index contributed by atoms with van der Waals surface area (Å²) >= 11 is 5.87. The van der Waals surface area contributed by atoms with Crippen LogP contribution in [0.1, 0.15) is 31.4 Å². The van der Waals surface area contributed by atoms with E-state index in [1.807, 2.05) is 51.4 Å². The predicted octanol–water partition coefficient (Wildman–Crippen LogP) is 1.39. The average molecular weight is 511 g/mol. The molecule has 4 atom stereocenters. The summed E-state index contributed by atoms with van der Waals surface area (Å²) in [7, 11) is 1.85. The second-order valence-electron chi connectivity index (χ2n) is 8.93. The van der Waals surface area contributed by atoms with Crippen molar-refractivity contribution in [2.24, 2.45) is 5.92 Å². The van der Waals surface area contributed by atoms with E-state index in [2.05, 4.69) is 28.6 Å². The van der Waals surface area contributed by atoms with Crippen LogP contribution in [0.5, 0.6) is 0 Å². The third-order valence-corrected chi connectivity index (χ3v) is 7.29. The van der Waals surface area contributed by atoms with E-state index in [-0.39, 0.29) is 17.9 Å². The maximum absolute atomic E-state index is 13.8. The molecule has 0 bridgehead atoms. The first-order chi connectivity index (χ1) is 16.2. The first kappa shape index (κ1) is 28.5. The number of nitrogens with zero attached hydrogens (tertiary/aromatic N) is 1. The molecule has 10 heteroatoms. The van der Waals surface area contributed by atoms with Gasteiger partial charge in [-0.15, -0.1) is 0 Å². The molecule has 0 spiro atoms. The quantitative estimate of drug-likeness (QED) is 0.255. The van der Waals surface area contributed by atoms with Gasteiger partial charge in [0, 0.05) is 31.3 Å². The second-order valence-corrected chi connectivity index (χ2v) is 10.3. The van der Waals surface area contributed by atoms with Gasteiger partial charge in [0.25, 0.3) is 0 Å². The molecule has 1 aliphatic rings. The molecular weight excluding hydrogens is 472 g/mol. The summed E-state index contributed by atoms with van der Waals surface area (Å²) in [6.07, 6.45) is 2.57. The Morgan fingerprint density at radius 2 is 1.91 bits per heavy atom. The van der Waals surface area contributed by atoms with Gasteiger partial charge in [0.2, 0.25) is 11.8 Å². The number of aliphatic carboxylic acids is 1. The van der Waals surface area contributed by atoms with Gasteiger partial charge in [-0.1, -0.05) is 38.1 Å². The highest BCUT2D eigenvalue weighted by Crippen LogP contribution is 2.25. The summed E-state index contributed by atoms with van der Waals surface area (Å²) < 4.78 is 0. The molecule has 0 aromatic heterocycles. The van der Waals surface area contributed by atoms with Gasteiger partial charge in [-0.2, -0.15) is 24.4 Å². The third kappa shape index (κ3) is 7.63. The molecule has 4 N–H and O–H groups in total. The lowest BCUT2D eigenvalue weighted by atomic mass is 9.91. The highest BCUT2D eigenvalue weighted by Gasteiger charge is 2.39. The summed E-state index contributed by atoms with van der Waals surface area (Å²) in [6, 6.07) is 5.63. The molecule has 0 saturated heterocycles. The Hall–Kier alpha value is -1.75. The largest absolute Gasteiger partial charge is 0.480 e. The Balaban J connectivity index is 2.30. The third-order valence-electron chi connectivity index (χ3n) is 6.21. The zero-order chi connectivity index (χ0) is 25.3. The number of thiol groups is 1. The number of carboxylic acids is 1. The van der Waals surface area contributed by atoms with E-state index < -0.39 is 30.0 Å². The van der Waals surface area contributed by atoms with Crippen LogP contribution in [0, 0.1) is 5.92 Å². The highest BCUT2D eigenvalue weighted by molar-refractivity contribution is 7.98. The van der Waals surface area contributed by atoms with Crippen molar-refractivity contribution in [1.82, 2.24) is 20.9 Å². The van der Waals surface area contributed by atoms with Crippen LogP contribution < -0.4 is 16.0 Å². The summed E-state index contributed by atoms with van der Waals surface area (Å²) in [6.45, 7) is 4.81. The molecule has 190 valence electrons. The van der Waals surface area contributed by atoms with Gasteiger partial charge in [0.15, 0.2) is 0 Å². The van der Waals surface area contributed by atoms with Gasteiger partial charge in [0.1, 0.15) is 12.1 Å². The number of nitrogens with one attached hydrogen (secondary N) is 3. The minimum atomic E-state index is -1.07. The van der Waals surface area contributed by atoms with Crippen molar-refractivity contribution >= 4 is 42.2 Å². The van der Waals surface area contributed by atoms with E-state index >= 15 is 0 Å². The lowest BCUT2D eigenvalue weighted by molar-refractivity contribution is -0.146. The topological polar surface area (TPSA) is 111 Å². The van der Waals surface area contributed by atoms with Crippen LogP contribution in [0.2, 0.25) is 0 Å². The Morgan fingerprint density at radius 3 is 2.47 bits per heavy atom. The van der Waals surface area contributed by atoms with Crippen LogP contribution in [-0.2, 0) is 27.3 Å². The number of carboxylic acid groups (broad SMARTS) is 1. The molecule has 1 aromatic rings. The highest BCUT2D eigenvalue weighted by atomic mass is 32.2. The first-order valence-corrected chi connectivity index (χ1v) is 13.7. The van der Waals surface area contributed by atoms with Crippen LogP contribution in [0.4, 0.5) is 0 Å². The van der Waals surface area contributed by atoms with Gasteiger partial charge in [-0.25, -0.2) is 4.79 Å². The fourth-order valence-corrected chi connectivity index (χ4v) is 4.85. The van der Waals surface area contributed by atoms with E-state index in [4.69, 9.17) is 0 Å². The van der Waals surface area contributed by atoms with Gasteiger partial charge >= 0.3 is 5.97 Å². The summed E-state index contributed by atoms with van der Waals surface area (Å²) in [4.78, 5) is 40.4. The smallest absolute Gasteiger partial charge is 0.326 e. The molecule has 2 amide bonds. The van der Waals surface area contributed by atoms with E-state index in [9.17, 15) is 19.5 Å². The van der Waals surface area contributed by atoms with Crippen molar-refractivity contribution in [3.8, 4) is 0 Å². The molecule has 1 aromatic carbocycles. The zero-order valence-corrected chi connectivity index (χ0v) is 22.1. The van der Waals surface area contributed by atoms with Crippen molar-refractivity contribution in [1.29, 1.82) is 0 Å². The SMILES string of the molecule is CNC(CS)CN[C@H](C(=O)N1Cc2ccccc2CC1C(=O)NC(CCSC)C(=O)O)C(C)C. The number of likely N-dealkylation sites (N-methyl/N-ethyl adjacent to an activating group) is 1. The van der Waals surface area contributed by atoms with E-state index in [0.717, 1.165) is 11.1 Å². The molecule has 8 nitrogen and oxygen atoms in total. The number of thioether (sulfide) groups is 1. The van der Waals surface area contributed by atoms with Gasteiger partial charge in [-0.3, -0.25) is 9.59 Å². The average Bonchev–Trinajstić information content (AvgIpc) is 2.82. The van der Waals surface area contributed by atoms with E-state index in [0.29, 0.717) is 37.4 Å². The first-order valence-electron chi connectivity index (χ1n) is 11.6. The van der Waals surface area contributed by atoms with Crippen molar-refractivity contribution in [2.45, 2.75) is 57.4 Å². The Kier molecular flexibility index (Phi) is 11.7. The van der Waals surface area contributed by atoms with Crippen molar-refractivity contribution in [3.63, 3.8) is 0 Å². The number of benzene rings is 1. The van der Waals surface area contributed by atoms with Crippen molar-refractivity contribution in [2.75, 3.05) is 31.4 Å². The second kappa shape index (κ2) is 14.0. The Bertz CT molecular complexity index is 835. The number of fused-ring (bicyclic) bond motifs is 1. The number of rotatable bonds is 13. The number of hydrogen-bond acceptors (Lipinski definition) is 7. The minimum Gasteiger partial charge on any atom is -0.480 e. The maximum atomic E-state index is 13.8. The van der Waals surface area contributed by atoms with Crippen LogP contribution in [0.15, 0.2) is 24.3 Å². The van der Waals surface area contributed by atoms with Gasteiger partial charge in [-0.05, 0) is 42.5 Å². The summed E-state index contributed by atoms with van der Waals surface area (Å²) in [5, 5.41) is 18.8. The molecule has 0 aliphatic carbocycles. The van der Waals surface area contributed by atoms with E-state index in [1.54, 1.807) is 4.90 Å². The molecule has 34 heavy (non-hydrogen) atoms. The molecular formula is C24H38N4O4S2. The van der Waals surface area contributed by atoms with Crippen LogP contribution in [0.3, 0.4) is 0 Å². The van der Waals surface area contributed by atoms with Crippen LogP contribution in [-0.4, -0.2) is 83.3 Å². The molecule has 3 unspecified atom stereocenters. The lowest BCUT2D eigenvalue weighted by Gasteiger charge is -2.39. The van der Waals surface area contributed by atoms with Gasteiger partial charge < -0.3 is 26.0 Å². The molecule has 2 rings (SSSR count). The van der Waals surface area contributed by atoms with Crippen LogP contribution >= 0.6 is 24.4 Å². The number of amides is 2. The monoisotopic (exact) mass is 510 g/mol. The molecule has 0 fully saturated rings. The number of carbonyl (C=O) groups excluding carboxylic acids is 2. The molecule has 0 saturated carbocycles. The lowest BCUT2D eigenvalue weighted by Crippen LogP contribution is -2.60. The molecule has 0 radical (unpaired) electrons. The predicted molar refractivity (Wildman–Crippen MR) is 140 cm³/mol. The van der Waals surface area contributed by atoms with Crippen molar-refractivity contribution in [3.05, 3.63) is 35.4 Å². The normalized spacial score (nSPS) is 18.2. The number of hydrogen-bond donors (Lipinski definition) is 5. The Morgan fingerprint density at radius 1 is 1.24 bits per heavy atom. The summed E-state index contributed by atoms with van der Waals surface area (Å²) in [5.74, 6) is -0.416. The molecule has 1 aliphatic heterocycles. The fourth-order valence-electron chi connectivity index (χ4n) is 4.06. The Labute approximate surface area is 212 Å². The number of carbonyl (C=O) groups is 3. The van der Waals surface area contributed by atoms with Crippen LogP contribution in [0.25, 0.3) is 0 Å². The van der Waals surface area contributed by atoms with Gasteiger partial charge in [0.05, 0.1) is 6.04 Å². The van der Waals surface area contributed by atoms with Crippen molar-refractivity contribution < 1.29 is 19.5 Å². The maximum Gasteiger partial charge on any atom is 0.326 e. The fraction of sp³-hybridized carbons (Fsp3) is 0.625. The molecule has 1 heterocycles. The standard InChI is InChI=1S/C24H38N4O4S2/c1-15(2)21(26-12-18(14-33)25-3)23(30)28-13-17-8-6-5-7-16(17)11-20(28)22(29)27-19(24(31)32)9-10-34-4/h5-8,15,18-21,25-26,33H,9-14H2,1-4H3,(H,27,29)(H,31,32)/t18?,19?,20?,21-/m0/s1. The zero-order valence-electron chi connectivity index (χ0n) is 20.4. The van der Waals surface area contributed by atoms with E-state index in [1.165, 1.54) is 11.8 Å². The minimum absolute atomic E-state index is 0.000785. The summed E-state index contributed by atoms with van der Waals surface area (Å²) in [5.41, 5.74) is 2.00.